The maximum Gasteiger partial charge on any atom is 0.257 e. The molecule has 1 aromatic rings. The third kappa shape index (κ3) is 2.28. The van der Waals surface area contributed by atoms with Crippen molar-refractivity contribution in [3.05, 3.63) is 23.8 Å². The molecule has 0 aromatic heterocycles. The zero-order valence-corrected chi connectivity index (χ0v) is 11.1. The van der Waals surface area contributed by atoms with Gasteiger partial charge in [-0.1, -0.05) is 13.8 Å². The van der Waals surface area contributed by atoms with Crippen LogP contribution in [0, 0.1) is 11.8 Å². The molecular formula is C14H20N2O2. The molecule has 98 valence electrons. The summed E-state index contributed by atoms with van der Waals surface area (Å²) in [6, 6.07) is 5.17. The van der Waals surface area contributed by atoms with Crippen LogP contribution in [0.15, 0.2) is 18.2 Å². The number of carbonyl (C=O) groups is 1. The molecular weight excluding hydrogens is 228 g/mol. The highest BCUT2D eigenvalue weighted by atomic mass is 16.5. The smallest absolute Gasteiger partial charge is 0.257 e. The van der Waals surface area contributed by atoms with Crippen molar-refractivity contribution >= 4 is 11.6 Å². The first kappa shape index (κ1) is 12.7. The molecule has 0 saturated carbocycles. The molecule has 1 heterocycles. The van der Waals surface area contributed by atoms with E-state index in [1.807, 2.05) is 4.90 Å². The maximum absolute atomic E-state index is 12.4. The fourth-order valence-electron chi connectivity index (χ4n) is 2.35. The van der Waals surface area contributed by atoms with Crippen LogP contribution in [0.4, 0.5) is 5.69 Å². The van der Waals surface area contributed by atoms with Crippen LogP contribution in [-0.4, -0.2) is 31.0 Å². The van der Waals surface area contributed by atoms with Crippen LogP contribution < -0.4 is 10.5 Å². The number of likely N-dealkylation sites (tertiary alicyclic amines) is 1. The van der Waals surface area contributed by atoms with Gasteiger partial charge in [0.15, 0.2) is 0 Å². The number of benzene rings is 1. The zero-order valence-electron chi connectivity index (χ0n) is 11.1. The van der Waals surface area contributed by atoms with Gasteiger partial charge in [-0.25, -0.2) is 0 Å². The number of hydrogen-bond acceptors (Lipinski definition) is 3. The van der Waals surface area contributed by atoms with Crippen molar-refractivity contribution in [2.45, 2.75) is 13.8 Å². The SMILES string of the molecule is COc1cc(N)ccc1C(=O)N1CC(C)C(C)C1. The predicted molar refractivity (Wildman–Crippen MR) is 71.6 cm³/mol. The Bertz CT molecular complexity index is 449. The van der Waals surface area contributed by atoms with E-state index in [1.165, 1.54) is 0 Å². The molecule has 2 rings (SSSR count). The first-order valence-corrected chi connectivity index (χ1v) is 6.25. The van der Waals surface area contributed by atoms with E-state index in [4.69, 9.17) is 10.5 Å². The Balaban J connectivity index is 2.24. The summed E-state index contributed by atoms with van der Waals surface area (Å²) < 4.78 is 5.23. The lowest BCUT2D eigenvalue weighted by molar-refractivity contribution is 0.0781. The summed E-state index contributed by atoms with van der Waals surface area (Å²) in [5, 5.41) is 0. The van der Waals surface area contributed by atoms with Crippen LogP contribution in [-0.2, 0) is 0 Å². The van der Waals surface area contributed by atoms with E-state index in [1.54, 1.807) is 25.3 Å². The molecule has 1 saturated heterocycles. The van der Waals surface area contributed by atoms with Gasteiger partial charge in [0.1, 0.15) is 5.75 Å². The third-order valence-corrected chi connectivity index (χ3v) is 3.73. The van der Waals surface area contributed by atoms with Crippen molar-refractivity contribution in [2.24, 2.45) is 11.8 Å². The van der Waals surface area contributed by atoms with E-state index in [0.717, 1.165) is 13.1 Å². The molecule has 0 radical (unpaired) electrons. The topological polar surface area (TPSA) is 55.6 Å². The van der Waals surface area contributed by atoms with Crippen LogP contribution in [0.25, 0.3) is 0 Å². The van der Waals surface area contributed by atoms with Gasteiger partial charge in [-0.15, -0.1) is 0 Å². The van der Waals surface area contributed by atoms with Gasteiger partial charge < -0.3 is 15.4 Å². The van der Waals surface area contributed by atoms with E-state index in [9.17, 15) is 4.79 Å². The summed E-state index contributed by atoms with van der Waals surface area (Å²) in [6.45, 7) is 5.98. The van der Waals surface area contributed by atoms with Crippen molar-refractivity contribution in [3.8, 4) is 5.75 Å². The number of carbonyl (C=O) groups excluding carboxylic acids is 1. The number of nitrogens with two attached hydrogens (primary N) is 1. The normalized spacial score (nSPS) is 23.2. The monoisotopic (exact) mass is 248 g/mol. The Labute approximate surface area is 108 Å². The first-order chi connectivity index (χ1) is 8.52. The van der Waals surface area contributed by atoms with Crippen LogP contribution in [0.3, 0.4) is 0 Å². The minimum absolute atomic E-state index is 0.0306. The van der Waals surface area contributed by atoms with E-state index in [2.05, 4.69) is 13.8 Å². The largest absolute Gasteiger partial charge is 0.496 e. The molecule has 2 atom stereocenters. The van der Waals surface area contributed by atoms with Crippen molar-refractivity contribution in [2.75, 3.05) is 25.9 Å². The second kappa shape index (κ2) is 4.88. The minimum Gasteiger partial charge on any atom is -0.496 e. The molecule has 18 heavy (non-hydrogen) atoms. The summed E-state index contributed by atoms with van der Waals surface area (Å²) in [5.74, 6) is 1.68. The van der Waals surface area contributed by atoms with Gasteiger partial charge in [-0.2, -0.15) is 0 Å². The summed E-state index contributed by atoms with van der Waals surface area (Å²) in [5.41, 5.74) is 6.89. The number of hydrogen-bond donors (Lipinski definition) is 1. The average molecular weight is 248 g/mol. The number of methoxy groups -OCH3 is 1. The minimum atomic E-state index is 0.0306. The lowest BCUT2D eigenvalue weighted by Crippen LogP contribution is -2.29. The standard InChI is InChI=1S/C14H20N2O2/c1-9-7-16(8-10(9)2)14(17)12-5-4-11(15)6-13(12)18-3/h4-6,9-10H,7-8,15H2,1-3H3. The molecule has 4 heteroatoms. The molecule has 1 aromatic carbocycles. The number of rotatable bonds is 2. The number of nitrogen functional groups attached to an aromatic ring is 1. The van der Waals surface area contributed by atoms with Gasteiger partial charge in [0, 0.05) is 24.8 Å². The van der Waals surface area contributed by atoms with Crippen molar-refractivity contribution < 1.29 is 9.53 Å². The van der Waals surface area contributed by atoms with Crippen LogP contribution in [0.1, 0.15) is 24.2 Å². The van der Waals surface area contributed by atoms with Gasteiger partial charge in [-0.05, 0) is 24.0 Å². The van der Waals surface area contributed by atoms with Crippen LogP contribution in [0.5, 0.6) is 5.75 Å². The molecule has 1 amide bonds. The van der Waals surface area contributed by atoms with E-state index >= 15 is 0 Å². The van der Waals surface area contributed by atoms with E-state index in [0.29, 0.717) is 28.8 Å². The van der Waals surface area contributed by atoms with E-state index in [-0.39, 0.29) is 5.91 Å². The van der Waals surface area contributed by atoms with Gasteiger partial charge >= 0.3 is 0 Å². The second-order valence-electron chi connectivity index (χ2n) is 5.12. The summed E-state index contributed by atoms with van der Waals surface area (Å²) in [6.07, 6.45) is 0. The average Bonchev–Trinajstić information content (AvgIpc) is 2.68. The van der Waals surface area contributed by atoms with Crippen LogP contribution in [0.2, 0.25) is 0 Å². The Hall–Kier alpha value is -1.71. The van der Waals surface area contributed by atoms with Crippen molar-refractivity contribution in [3.63, 3.8) is 0 Å². The van der Waals surface area contributed by atoms with Gasteiger partial charge in [0.25, 0.3) is 5.91 Å². The fraction of sp³-hybridized carbons (Fsp3) is 0.500. The third-order valence-electron chi connectivity index (χ3n) is 3.73. The fourth-order valence-corrected chi connectivity index (χ4v) is 2.35. The molecule has 0 bridgehead atoms. The number of amides is 1. The predicted octanol–water partition coefficient (Wildman–Crippen LogP) is 2.01. The highest BCUT2D eigenvalue weighted by molar-refractivity contribution is 5.97. The lowest BCUT2D eigenvalue weighted by atomic mass is 10.0. The Morgan fingerprint density at radius 1 is 1.33 bits per heavy atom. The maximum atomic E-state index is 12.4. The van der Waals surface area contributed by atoms with Crippen molar-refractivity contribution in [1.82, 2.24) is 4.90 Å². The van der Waals surface area contributed by atoms with Crippen LogP contribution >= 0.6 is 0 Å². The summed E-state index contributed by atoms with van der Waals surface area (Å²) >= 11 is 0. The van der Waals surface area contributed by atoms with Gasteiger partial charge in [-0.3, -0.25) is 4.79 Å². The molecule has 2 unspecified atom stereocenters. The van der Waals surface area contributed by atoms with E-state index < -0.39 is 0 Å². The molecule has 0 aliphatic carbocycles. The summed E-state index contributed by atoms with van der Waals surface area (Å²) in [4.78, 5) is 14.3. The number of nitrogens with zero attached hydrogens (tertiary/aromatic N) is 1. The Morgan fingerprint density at radius 3 is 2.50 bits per heavy atom. The Kier molecular flexibility index (Phi) is 3.45. The van der Waals surface area contributed by atoms with Gasteiger partial charge in [0.2, 0.25) is 0 Å². The lowest BCUT2D eigenvalue weighted by Gasteiger charge is -2.18. The number of anilines is 1. The van der Waals surface area contributed by atoms with Crippen molar-refractivity contribution in [1.29, 1.82) is 0 Å². The molecule has 1 aliphatic heterocycles. The quantitative estimate of drug-likeness (QED) is 0.814. The highest BCUT2D eigenvalue weighted by Crippen LogP contribution is 2.27. The number of ether oxygens (including phenoxy) is 1. The highest BCUT2D eigenvalue weighted by Gasteiger charge is 2.30. The molecule has 1 aliphatic rings. The molecule has 1 fully saturated rings. The molecule has 0 spiro atoms. The first-order valence-electron chi connectivity index (χ1n) is 6.25. The molecule has 2 N–H and O–H groups in total. The Morgan fingerprint density at radius 2 is 1.94 bits per heavy atom. The zero-order chi connectivity index (χ0) is 13.3. The second-order valence-corrected chi connectivity index (χ2v) is 5.12. The molecule has 4 nitrogen and oxygen atoms in total. The van der Waals surface area contributed by atoms with Gasteiger partial charge in [0.05, 0.1) is 12.7 Å². The summed E-state index contributed by atoms with van der Waals surface area (Å²) in [7, 11) is 1.56.